The molecule has 54 heavy (non-hydrogen) atoms. The van der Waals surface area contributed by atoms with Crippen LogP contribution in [0.1, 0.15) is 145 Å². The van der Waals surface area contributed by atoms with Crippen molar-refractivity contribution in [3.63, 3.8) is 0 Å². The highest BCUT2D eigenvalue weighted by Crippen LogP contribution is 2.57. The van der Waals surface area contributed by atoms with Crippen molar-refractivity contribution in [2.75, 3.05) is 0 Å². The quantitative estimate of drug-likeness (QED) is 0.125. The van der Waals surface area contributed by atoms with Gasteiger partial charge in [-0.3, -0.25) is 9.59 Å². The molecule has 6 heteroatoms. The van der Waals surface area contributed by atoms with Gasteiger partial charge < -0.3 is 16.0 Å². The first-order valence-corrected chi connectivity index (χ1v) is 21.0. The van der Waals surface area contributed by atoms with Gasteiger partial charge in [0.25, 0.3) is 0 Å². The fourth-order valence-corrected chi connectivity index (χ4v) is 11.2. The van der Waals surface area contributed by atoms with E-state index in [1.165, 1.54) is 5.56 Å². The third-order valence-electron chi connectivity index (χ3n) is 12.2. The predicted molar refractivity (Wildman–Crippen MR) is 229 cm³/mol. The lowest BCUT2D eigenvalue weighted by atomic mass is 9.54. The van der Waals surface area contributed by atoms with Gasteiger partial charge in [-0.15, -0.1) is 0 Å². The minimum atomic E-state index is -4.38. The van der Waals surface area contributed by atoms with E-state index in [1.54, 1.807) is 12.1 Å². The molecule has 0 aliphatic heterocycles. The van der Waals surface area contributed by atoms with Gasteiger partial charge in [0.15, 0.2) is 0 Å². The van der Waals surface area contributed by atoms with Gasteiger partial charge in [-0.25, -0.2) is 0 Å². The van der Waals surface area contributed by atoms with Crippen LogP contribution in [0.5, 0.6) is 0 Å². The maximum Gasteiger partial charge on any atom is 0.248 e. The van der Waals surface area contributed by atoms with E-state index in [4.69, 9.17) is 11.5 Å². The van der Waals surface area contributed by atoms with Crippen molar-refractivity contribution >= 4 is 23.5 Å². The number of hydrogen-bond donors (Lipinski definition) is 2. The number of hydrogen-bond acceptors (Lipinski definition) is 5. The van der Waals surface area contributed by atoms with Crippen LogP contribution in [0.3, 0.4) is 0 Å². The molecule has 4 rings (SSSR count). The van der Waals surface area contributed by atoms with Crippen LogP contribution in [-0.4, -0.2) is 22.1 Å². The first kappa shape index (κ1) is 43.1. The van der Waals surface area contributed by atoms with Gasteiger partial charge in [0.1, 0.15) is 0 Å². The largest absolute Gasteiger partial charge is 0.326 e. The van der Waals surface area contributed by atoms with Gasteiger partial charge in [0.2, 0.25) is 18.2 Å². The van der Waals surface area contributed by atoms with Gasteiger partial charge >= 0.3 is 0 Å². The zero-order chi connectivity index (χ0) is 40.8. The second-order valence-corrected chi connectivity index (χ2v) is 21.2. The Morgan fingerprint density at radius 1 is 0.574 bits per heavy atom. The van der Waals surface area contributed by atoms with Gasteiger partial charge in [-0.05, 0) is 132 Å². The molecule has 4 aromatic rings. The van der Waals surface area contributed by atoms with E-state index in [-0.39, 0.29) is 33.5 Å². The molecule has 290 valence electrons. The molecule has 5 nitrogen and oxygen atoms in total. The monoisotopic (exact) mass is 748 g/mol. The van der Waals surface area contributed by atoms with Crippen molar-refractivity contribution in [3.05, 3.63) is 134 Å². The van der Waals surface area contributed by atoms with E-state index in [2.05, 4.69) is 85.7 Å². The van der Waals surface area contributed by atoms with Crippen LogP contribution < -0.4 is 16.8 Å². The molecule has 0 fully saturated rings. The summed E-state index contributed by atoms with van der Waals surface area (Å²) in [6.45, 7) is 29.0. The molecule has 0 saturated heterocycles. The predicted octanol–water partition coefficient (Wildman–Crippen LogP) is 11.4. The third kappa shape index (κ3) is 8.75. The zero-order valence-corrected chi connectivity index (χ0v) is 36.3. The SMILES string of the molecule is Cc1cc(C)c(C(=O)P(=O)(C(=O)c2c(C)cc(C)cc2C)c2ccc(C(CC(C)(C)C(C)(C)C(CC(C)(C)N)c3ccccc3)C(C)(C)N)cc2)c(C)c1. The Hall–Kier alpha value is -3.63. The minimum Gasteiger partial charge on any atom is -0.326 e. The molecule has 0 spiro atoms. The molecule has 0 amide bonds. The van der Waals surface area contributed by atoms with Crippen LogP contribution in [0, 0.1) is 52.4 Å². The highest BCUT2D eigenvalue weighted by atomic mass is 31.2. The first-order valence-electron chi connectivity index (χ1n) is 19.3. The van der Waals surface area contributed by atoms with Gasteiger partial charge in [0.05, 0.1) is 0 Å². The minimum absolute atomic E-state index is 0.0999. The van der Waals surface area contributed by atoms with Crippen LogP contribution in [0.2, 0.25) is 0 Å². The summed E-state index contributed by atoms with van der Waals surface area (Å²) in [4.78, 5) is 29.5. The zero-order valence-electron chi connectivity index (χ0n) is 35.4. The fourth-order valence-electron chi connectivity index (χ4n) is 8.65. The summed E-state index contributed by atoms with van der Waals surface area (Å²) in [6.07, 6.45) is 1.58. The highest BCUT2D eigenvalue weighted by molar-refractivity contribution is 8.01. The van der Waals surface area contributed by atoms with E-state index in [0.717, 1.165) is 29.5 Å². The summed E-state index contributed by atoms with van der Waals surface area (Å²) in [5.41, 5.74) is 18.9. The molecule has 0 aliphatic carbocycles. The van der Waals surface area contributed by atoms with Gasteiger partial charge in [-0.1, -0.05) is 118 Å². The van der Waals surface area contributed by atoms with Crippen LogP contribution in [-0.2, 0) is 4.57 Å². The van der Waals surface area contributed by atoms with Gasteiger partial charge in [-0.2, -0.15) is 0 Å². The molecule has 0 aromatic heterocycles. The number of benzene rings is 4. The van der Waals surface area contributed by atoms with Crippen LogP contribution in [0.4, 0.5) is 0 Å². The van der Waals surface area contributed by atoms with Crippen molar-refractivity contribution in [1.29, 1.82) is 0 Å². The number of aryl methyl sites for hydroxylation is 6. The maximum absolute atomic E-state index is 15.6. The highest BCUT2D eigenvalue weighted by Gasteiger charge is 2.48. The summed E-state index contributed by atoms with van der Waals surface area (Å²) in [5, 5.41) is 0.238. The molecule has 4 N–H and O–H groups in total. The second-order valence-electron chi connectivity index (χ2n) is 18.7. The lowest BCUT2D eigenvalue weighted by Crippen LogP contribution is -2.47. The maximum atomic E-state index is 15.6. The molecule has 0 bridgehead atoms. The molecule has 0 saturated carbocycles. The molecule has 2 atom stereocenters. The Morgan fingerprint density at radius 3 is 1.33 bits per heavy atom. The summed E-state index contributed by atoms with van der Waals surface area (Å²) >= 11 is 0. The number of carbonyl (C=O) groups is 2. The van der Waals surface area contributed by atoms with E-state index >= 15 is 4.57 Å². The molecular weight excluding hydrogens is 684 g/mol. The molecule has 0 aliphatic rings. The number of nitrogens with two attached hydrogens (primary N) is 2. The standard InChI is InChI=1S/C48H65N2O3P/c1-30-24-32(3)41(33(4)25-30)43(51)54(53,44(52)42-34(5)26-31(2)27-35(42)6)38-22-20-37(21-23-38)40(48(13,14)50)28-45(7,8)47(11,12)39(29-46(9,10)49)36-18-16-15-17-19-36/h15-27,39-40H,28-29,49-50H2,1-14H3. The third-order valence-corrected chi connectivity index (χ3v) is 14.8. The van der Waals surface area contributed by atoms with E-state index in [9.17, 15) is 9.59 Å². The normalized spacial score (nSPS) is 14.1. The summed E-state index contributed by atoms with van der Waals surface area (Å²) in [5.74, 6) is 0.0833. The Bertz CT molecular complexity index is 1940. The van der Waals surface area contributed by atoms with Crippen molar-refractivity contribution in [1.82, 2.24) is 0 Å². The van der Waals surface area contributed by atoms with Crippen molar-refractivity contribution in [2.24, 2.45) is 22.3 Å². The number of rotatable bonds is 14. The van der Waals surface area contributed by atoms with Crippen molar-refractivity contribution in [3.8, 4) is 0 Å². The molecule has 4 aromatic carbocycles. The summed E-state index contributed by atoms with van der Waals surface area (Å²) < 4.78 is 15.6. The molecule has 0 radical (unpaired) electrons. The lowest BCUT2D eigenvalue weighted by molar-refractivity contribution is 0.0411. The van der Waals surface area contributed by atoms with E-state index in [1.807, 2.05) is 77.9 Å². The summed E-state index contributed by atoms with van der Waals surface area (Å²) in [7, 11) is -4.38. The Balaban J connectivity index is 1.85. The Kier molecular flexibility index (Phi) is 12.4. The number of carbonyl (C=O) groups excluding carboxylic acids is 2. The Morgan fingerprint density at radius 2 is 0.963 bits per heavy atom. The van der Waals surface area contributed by atoms with Crippen molar-refractivity contribution in [2.45, 2.75) is 133 Å². The second kappa shape index (κ2) is 15.5. The first-order chi connectivity index (χ1) is 24.7. The van der Waals surface area contributed by atoms with Gasteiger partial charge in [0, 0.05) is 33.4 Å². The van der Waals surface area contributed by atoms with Crippen LogP contribution >= 0.6 is 7.14 Å². The Labute approximate surface area is 326 Å². The molecule has 2 unspecified atom stereocenters. The average Bonchev–Trinajstić information content (AvgIpc) is 3.04. The topological polar surface area (TPSA) is 103 Å². The fraction of sp³-hybridized carbons (Fsp3) is 0.458. The van der Waals surface area contributed by atoms with E-state index < -0.39 is 23.7 Å². The lowest BCUT2D eigenvalue weighted by Gasteiger charge is -2.51. The molecular formula is C48H65N2O3P. The smallest absolute Gasteiger partial charge is 0.248 e. The van der Waals surface area contributed by atoms with Crippen LogP contribution in [0.15, 0.2) is 78.9 Å². The summed E-state index contributed by atoms with van der Waals surface area (Å²) in [6, 6.07) is 25.7. The van der Waals surface area contributed by atoms with E-state index in [0.29, 0.717) is 33.4 Å². The van der Waals surface area contributed by atoms with Crippen LogP contribution in [0.25, 0.3) is 0 Å². The molecule has 0 heterocycles. The van der Waals surface area contributed by atoms with Crippen molar-refractivity contribution < 1.29 is 14.2 Å². The average molecular weight is 749 g/mol.